The lowest BCUT2D eigenvalue weighted by Crippen LogP contribution is -2.48. The van der Waals surface area contributed by atoms with Crippen LogP contribution < -0.4 is 11.1 Å². The zero-order chi connectivity index (χ0) is 11.1. The minimum absolute atomic E-state index is 0.0234. The van der Waals surface area contributed by atoms with Crippen molar-refractivity contribution in [1.29, 1.82) is 0 Å². The summed E-state index contributed by atoms with van der Waals surface area (Å²) in [4.78, 5) is 11.1. The number of ether oxygens (including phenoxy) is 1. The third kappa shape index (κ3) is 3.97. The Hall–Kier alpha value is -1.46. The lowest BCUT2D eigenvalue weighted by Gasteiger charge is -2.20. The van der Waals surface area contributed by atoms with Crippen LogP contribution in [0, 0.1) is 5.92 Å². The second-order valence-corrected chi connectivity index (χ2v) is 3.11. The lowest BCUT2D eigenvalue weighted by atomic mass is 10.0. The van der Waals surface area contributed by atoms with Crippen LogP contribution in [-0.2, 0) is 4.74 Å². The Kier molecular flexibility index (Phi) is 5.43. The Morgan fingerprint density at radius 3 is 2.57 bits per heavy atom. The summed E-state index contributed by atoms with van der Waals surface area (Å²) < 4.78 is 4.67. The normalized spacial score (nSPS) is 13.9. The van der Waals surface area contributed by atoms with Gasteiger partial charge in [-0.25, -0.2) is 4.79 Å². The molecule has 1 amide bonds. The summed E-state index contributed by atoms with van der Waals surface area (Å²) in [5, 5.41) is 13.8. The van der Waals surface area contributed by atoms with Gasteiger partial charge in [-0.15, -0.1) is 0 Å². The highest BCUT2D eigenvalue weighted by Gasteiger charge is 2.20. The average molecular weight is 203 g/mol. The molecule has 0 aliphatic rings. The smallest absolute Gasteiger partial charge is 0.407 e. The van der Waals surface area contributed by atoms with E-state index >= 15 is 0 Å². The highest BCUT2D eigenvalue weighted by Crippen LogP contribution is 2.01. The molecule has 6 nitrogen and oxygen atoms in total. The first-order valence-electron chi connectivity index (χ1n) is 4.43. The van der Waals surface area contributed by atoms with E-state index in [1.165, 1.54) is 0 Å². The van der Waals surface area contributed by atoms with Crippen molar-refractivity contribution in [2.24, 2.45) is 16.8 Å². The van der Waals surface area contributed by atoms with Crippen LogP contribution in [0.2, 0.25) is 0 Å². The summed E-state index contributed by atoms with van der Waals surface area (Å²) in [6.07, 6.45) is -0.571. The van der Waals surface area contributed by atoms with Crippen molar-refractivity contribution in [3.05, 3.63) is 0 Å². The molecule has 4 N–H and O–H groups in total. The summed E-state index contributed by atoms with van der Waals surface area (Å²) in [5.74, 6) is -0.0108. The van der Waals surface area contributed by atoms with Gasteiger partial charge in [-0.05, 0) is 12.8 Å². The molecule has 0 radical (unpaired) electrons. The van der Waals surface area contributed by atoms with Crippen molar-refractivity contribution >= 4 is 11.9 Å². The zero-order valence-electron chi connectivity index (χ0n) is 8.65. The van der Waals surface area contributed by atoms with Gasteiger partial charge in [0.2, 0.25) is 0 Å². The minimum Gasteiger partial charge on any atom is -0.450 e. The second kappa shape index (κ2) is 6.06. The van der Waals surface area contributed by atoms with Crippen molar-refractivity contribution in [3.8, 4) is 0 Å². The Labute approximate surface area is 83.1 Å². The molecule has 0 heterocycles. The number of hydrogen-bond acceptors (Lipinski definition) is 4. The predicted octanol–water partition coefficient (Wildman–Crippen LogP) is 0.503. The highest BCUT2D eigenvalue weighted by molar-refractivity contribution is 5.88. The van der Waals surface area contributed by atoms with E-state index in [-0.39, 0.29) is 18.4 Å². The van der Waals surface area contributed by atoms with E-state index in [2.05, 4.69) is 15.2 Å². The fraction of sp³-hybridized carbons (Fsp3) is 0.750. The molecule has 14 heavy (non-hydrogen) atoms. The number of carbonyl (C=O) groups excluding carboxylic acids is 1. The maximum Gasteiger partial charge on any atom is 0.407 e. The molecule has 0 fully saturated rings. The molecule has 0 spiro atoms. The molecule has 0 bridgehead atoms. The van der Waals surface area contributed by atoms with Crippen LogP contribution in [0.4, 0.5) is 4.79 Å². The number of carbonyl (C=O) groups is 1. The van der Waals surface area contributed by atoms with E-state index in [1.54, 1.807) is 6.92 Å². The molecule has 0 aliphatic carbocycles. The Balaban J connectivity index is 4.31. The van der Waals surface area contributed by atoms with Crippen LogP contribution >= 0.6 is 0 Å². The molecule has 82 valence electrons. The fourth-order valence-electron chi connectivity index (χ4n) is 0.944. The molecule has 0 aromatic rings. The van der Waals surface area contributed by atoms with Crippen molar-refractivity contribution in [2.75, 3.05) is 6.61 Å². The summed E-state index contributed by atoms with van der Waals surface area (Å²) in [7, 11) is 0. The quantitative estimate of drug-likeness (QED) is 0.268. The van der Waals surface area contributed by atoms with Crippen LogP contribution in [0.25, 0.3) is 0 Å². The monoisotopic (exact) mass is 203 g/mol. The molecule has 6 heteroatoms. The number of amides is 1. The lowest BCUT2D eigenvalue weighted by molar-refractivity contribution is 0.148. The molecule has 1 atom stereocenters. The summed E-state index contributed by atoms with van der Waals surface area (Å²) in [6.45, 7) is 5.67. The number of nitrogens with zero attached hydrogens (tertiary/aromatic N) is 1. The van der Waals surface area contributed by atoms with Gasteiger partial charge in [-0.3, -0.25) is 0 Å². The van der Waals surface area contributed by atoms with Gasteiger partial charge in [0.25, 0.3) is 0 Å². The molecule has 0 aromatic heterocycles. The number of oxime groups is 1. The largest absolute Gasteiger partial charge is 0.450 e. The first kappa shape index (κ1) is 12.5. The average Bonchev–Trinajstić information content (AvgIpc) is 2.13. The van der Waals surface area contributed by atoms with Gasteiger partial charge >= 0.3 is 6.09 Å². The van der Waals surface area contributed by atoms with Crippen LogP contribution in [0.15, 0.2) is 5.16 Å². The van der Waals surface area contributed by atoms with Crippen LogP contribution in [0.3, 0.4) is 0 Å². The number of amidine groups is 1. The van der Waals surface area contributed by atoms with Gasteiger partial charge in [-0.1, -0.05) is 19.0 Å². The van der Waals surface area contributed by atoms with Gasteiger partial charge in [0.1, 0.15) is 0 Å². The molecular weight excluding hydrogens is 186 g/mol. The first-order chi connectivity index (χ1) is 6.52. The zero-order valence-corrected chi connectivity index (χ0v) is 8.65. The van der Waals surface area contributed by atoms with E-state index in [4.69, 9.17) is 10.9 Å². The van der Waals surface area contributed by atoms with Crippen molar-refractivity contribution in [2.45, 2.75) is 26.8 Å². The first-order valence-corrected chi connectivity index (χ1v) is 4.43. The highest BCUT2D eigenvalue weighted by atomic mass is 16.5. The number of alkyl carbamates (subject to hydrolysis) is 1. The summed E-state index contributed by atoms with van der Waals surface area (Å²) in [6, 6.07) is -0.515. The standard InChI is InChI=1S/C8H17N3O3/c1-4-14-8(12)10-6(5(2)3)7(9)11-13/h5-6,13H,4H2,1-3H3,(H2,9,11)(H,10,12). The SMILES string of the molecule is CCOC(=O)NC(C(N)=NO)C(C)C. The maximum absolute atomic E-state index is 11.1. The minimum atomic E-state index is -0.571. The third-order valence-electron chi connectivity index (χ3n) is 1.65. The molecule has 0 aliphatic heterocycles. The number of hydrogen-bond donors (Lipinski definition) is 3. The number of nitrogens with one attached hydrogen (secondary N) is 1. The van der Waals surface area contributed by atoms with Crippen molar-refractivity contribution in [1.82, 2.24) is 5.32 Å². The molecule has 0 rings (SSSR count). The van der Waals surface area contributed by atoms with E-state index in [1.807, 2.05) is 13.8 Å². The van der Waals surface area contributed by atoms with Crippen molar-refractivity contribution in [3.63, 3.8) is 0 Å². The van der Waals surface area contributed by atoms with Crippen LogP contribution in [-0.4, -0.2) is 29.8 Å². The maximum atomic E-state index is 11.1. The second-order valence-electron chi connectivity index (χ2n) is 3.11. The Morgan fingerprint density at radius 2 is 2.21 bits per heavy atom. The van der Waals surface area contributed by atoms with Crippen LogP contribution in [0.1, 0.15) is 20.8 Å². The number of nitrogens with two attached hydrogens (primary N) is 1. The van der Waals surface area contributed by atoms with E-state index in [9.17, 15) is 4.79 Å². The molecule has 0 aromatic carbocycles. The van der Waals surface area contributed by atoms with Gasteiger partial charge in [0.05, 0.1) is 12.6 Å². The topological polar surface area (TPSA) is 96.9 Å². The molecule has 0 saturated carbocycles. The summed E-state index contributed by atoms with van der Waals surface area (Å²) in [5.41, 5.74) is 5.39. The van der Waals surface area contributed by atoms with Crippen molar-refractivity contribution < 1.29 is 14.7 Å². The van der Waals surface area contributed by atoms with Gasteiger partial charge < -0.3 is 21.0 Å². The fourth-order valence-corrected chi connectivity index (χ4v) is 0.944. The van der Waals surface area contributed by atoms with Gasteiger partial charge in [0.15, 0.2) is 5.84 Å². The predicted molar refractivity (Wildman–Crippen MR) is 52.2 cm³/mol. The van der Waals surface area contributed by atoms with Gasteiger partial charge in [-0.2, -0.15) is 0 Å². The molecular formula is C8H17N3O3. The van der Waals surface area contributed by atoms with Crippen LogP contribution in [0.5, 0.6) is 0 Å². The number of rotatable bonds is 4. The van der Waals surface area contributed by atoms with Gasteiger partial charge in [0, 0.05) is 0 Å². The molecule has 1 unspecified atom stereocenters. The molecule has 0 saturated heterocycles. The van der Waals surface area contributed by atoms with E-state index in [0.717, 1.165) is 0 Å². The Bertz CT molecular complexity index is 216. The van der Waals surface area contributed by atoms with E-state index in [0.29, 0.717) is 0 Å². The van der Waals surface area contributed by atoms with E-state index < -0.39 is 12.1 Å². The summed E-state index contributed by atoms with van der Waals surface area (Å²) >= 11 is 0. The Morgan fingerprint density at radius 1 is 1.64 bits per heavy atom. The third-order valence-corrected chi connectivity index (χ3v) is 1.65.